The van der Waals surface area contributed by atoms with Gasteiger partial charge in [0.25, 0.3) is 0 Å². The van der Waals surface area contributed by atoms with E-state index in [9.17, 15) is 4.39 Å². The minimum absolute atomic E-state index is 0.160. The van der Waals surface area contributed by atoms with Crippen molar-refractivity contribution in [2.75, 3.05) is 17.7 Å². The maximum absolute atomic E-state index is 14.4. The molecule has 0 bridgehead atoms. The monoisotopic (exact) mass is 403 g/mol. The normalized spacial score (nSPS) is 14.0. The molecular weight excluding hydrogens is 389 g/mol. The Balaban J connectivity index is 1.78. The molecule has 0 N–H and O–H groups in total. The average Bonchev–Trinajstić information content (AvgIpc) is 2.60. The minimum Gasteiger partial charge on any atom is -0.351 e. The van der Waals surface area contributed by atoms with Crippen LogP contribution in [0.15, 0.2) is 46.0 Å². The van der Waals surface area contributed by atoms with Gasteiger partial charge in [0, 0.05) is 33.4 Å². The lowest BCUT2D eigenvalue weighted by atomic mass is 9.99. The second kappa shape index (κ2) is 6.33. The van der Waals surface area contributed by atoms with E-state index in [1.165, 1.54) is 11.0 Å². The van der Waals surface area contributed by atoms with E-state index in [-0.39, 0.29) is 5.82 Å². The predicted octanol–water partition coefficient (Wildman–Crippen LogP) is 4.82. The van der Waals surface area contributed by atoms with Gasteiger partial charge in [0.05, 0.1) is 5.52 Å². The van der Waals surface area contributed by atoms with Crippen LogP contribution in [0.2, 0.25) is 0 Å². The Labute approximate surface area is 152 Å². The van der Waals surface area contributed by atoms with Gasteiger partial charge in [0.15, 0.2) is 0 Å². The molecule has 122 valence electrons. The number of hydrogen-bond acceptors (Lipinski definition) is 4. The van der Waals surface area contributed by atoms with Crippen LogP contribution in [0.4, 0.5) is 10.2 Å². The summed E-state index contributed by atoms with van der Waals surface area (Å²) in [5.41, 5.74) is 2.75. The first kappa shape index (κ1) is 15.8. The van der Waals surface area contributed by atoms with Gasteiger partial charge in [-0.2, -0.15) is 0 Å². The zero-order valence-corrected chi connectivity index (χ0v) is 15.5. The SMILES string of the molecule is CSc1ccc2ncnc(N3CCc4cc(Br)cc(F)c4C3)c2c1. The Morgan fingerprint density at radius 3 is 2.92 bits per heavy atom. The first-order valence-corrected chi connectivity index (χ1v) is 9.68. The molecule has 3 aromatic rings. The van der Waals surface area contributed by atoms with Crippen molar-refractivity contribution in [3.63, 3.8) is 0 Å². The van der Waals surface area contributed by atoms with Gasteiger partial charge in [-0.25, -0.2) is 14.4 Å². The standard InChI is InChI=1S/C18H15BrFN3S/c1-24-13-2-3-17-14(8-13)18(22-10-21-17)23-5-4-11-6-12(19)7-16(20)15(11)9-23/h2-3,6-8,10H,4-5,9H2,1H3. The highest BCUT2D eigenvalue weighted by atomic mass is 79.9. The molecular formula is C18H15BrFN3S. The lowest BCUT2D eigenvalue weighted by Gasteiger charge is -2.30. The number of fused-ring (bicyclic) bond motifs is 2. The number of halogens is 2. The van der Waals surface area contributed by atoms with Crippen molar-refractivity contribution in [2.45, 2.75) is 17.9 Å². The highest BCUT2D eigenvalue weighted by Gasteiger charge is 2.22. The molecule has 24 heavy (non-hydrogen) atoms. The van der Waals surface area contributed by atoms with Crippen molar-refractivity contribution in [3.05, 3.63) is 58.1 Å². The minimum atomic E-state index is -0.160. The molecule has 2 aromatic carbocycles. The van der Waals surface area contributed by atoms with Crippen LogP contribution < -0.4 is 4.90 Å². The third kappa shape index (κ3) is 2.78. The van der Waals surface area contributed by atoms with Crippen molar-refractivity contribution in [2.24, 2.45) is 0 Å². The fraction of sp³-hybridized carbons (Fsp3) is 0.222. The van der Waals surface area contributed by atoms with Crippen LogP contribution in [0.5, 0.6) is 0 Å². The van der Waals surface area contributed by atoms with E-state index in [4.69, 9.17) is 0 Å². The molecule has 3 nitrogen and oxygen atoms in total. The number of rotatable bonds is 2. The molecule has 4 rings (SSSR count). The molecule has 1 aliphatic heterocycles. The van der Waals surface area contributed by atoms with Crippen LogP contribution in [0.1, 0.15) is 11.1 Å². The number of benzene rings is 2. The van der Waals surface area contributed by atoms with Gasteiger partial charge in [0.2, 0.25) is 0 Å². The van der Waals surface area contributed by atoms with Gasteiger partial charge in [-0.1, -0.05) is 15.9 Å². The smallest absolute Gasteiger partial charge is 0.140 e. The Morgan fingerprint density at radius 2 is 2.08 bits per heavy atom. The van der Waals surface area contributed by atoms with Crippen molar-refractivity contribution in [3.8, 4) is 0 Å². The fourth-order valence-electron chi connectivity index (χ4n) is 3.16. The number of hydrogen-bond donors (Lipinski definition) is 0. The summed E-state index contributed by atoms with van der Waals surface area (Å²) in [4.78, 5) is 12.2. The Kier molecular flexibility index (Phi) is 4.18. The van der Waals surface area contributed by atoms with Crippen LogP contribution in [0.25, 0.3) is 10.9 Å². The van der Waals surface area contributed by atoms with E-state index in [0.717, 1.165) is 45.3 Å². The first-order chi connectivity index (χ1) is 11.7. The zero-order valence-electron chi connectivity index (χ0n) is 13.1. The molecule has 0 saturated heterocycles. The van der Waals surface area contributed by atoms with E-state index < -0.39 is 0 Å². The molecule has 1 aliphatic rings. The van der Waals surface area contributed by atoms with Gasteiger partial charge in [0.1, 0.15) is 18.0 Å². The van der Waals surface area contributed by atoms with Crippen LogP contribution in [0.3, 0.4) is 0 Å². The lowest BCUT2D eigenvalue weighted by Crippen LogP contribution is -2.32. The van der Waals surface area contributed by atoms with Crippen molar-refractivity contribution in [1.82, 2.24) is 9.97 Å². The van der Waals surface area contributed by atoms with E-state index in [0.29, 0.717) is 6.54 Å². The summed E-state index contributed by atoms with van der Waals surface area (Å²) in [6.45, 7) is 1.35. The largest absolute Gasteiger partial charge is 0.351 e. The van der Waals surface area contributed by atoms with E-state index in [1.807, 2.05) is 12.1 Å². The van der Waals surface area contributed by atoms with Gasteiger partial charge < -0.3 is 4.90 Å². The quantitative estimate of drug-likeness (QED) is 0.573. The third-order valence-corrected chi connectivity index (χ3v) is 5.56. The van der Waals surface area contributed by atoms with Crippen molar-refractivity contribution >= 4 is 44.4 Å². The van der Waals surface area contributed by atoms with E-state index >= 15 is 0 Å². The predicted molar refractivity (Wildman–Crippen MR) is 100 cm³/mol. The molecule has 0 amide bonds. The van der Waals surface area contributed by atoms with E-state index in [2.05, 4.69) is 49.2 Å². The number of aromatic nitrogens is 2. The molecule has 0 unspecified atom stereocenters. The summed E-state index contributed by atoms with van der Waals surface area (Å²) in [5.74, 6) is 0.719. The molecule has 0 spiro atoms. The molecule has 0 aliphatic carbocycles. The van der Waals surface area contributed by atoms with Crippen LogP contribution in [-0.4, -0.2) is 22.8 Å². The second-order valence-electron chi connectivity index (χ2n) is 5.78. The molecule has 0 radical (unpaired) electrons. The lowest BCUT2D eigenvalue weighted by molar-refractivity contribution is 0.586. The number of nitrogens with zero attached hydrogens (tertiary/aromatic N) is 3. The summed E-state index contributed by atoms with van der Waals surface area (Å²) in [6.07, 6.45) is 4.44. The van der Waals surface area contributed by atoms with Gasteiger partial charge in [-0.15, -0.1) is 11.8 Å². The number of thioether (sulfide) groups is 1. The second-order valence-corrected chi connectivity index (χ2v) is 7.57. The molecule has 0 saturated carbocycles. The topological polar surface area (TPSA) is 29.0 Å². The average molecular weight is 404 g/mol. The highest BCUT2D eigenvalue weighted by molar-refractivity contribution is 9.10. The summed E-state index contributed by atoms with van der Waals surface area (Å²) in [5, 5.41) is 1.02. The van der Waals surface area contributed by atoms with Gasteiger partial charge in [-0.05, 0) is 48.6 Å². The molecule has 0 fully saturated rings. The molecule has 0 atom stereocenters. The first-order valence-electron chi connectivity index (χ1n) is 7.66. The fourth-order valence-corrected chi connectivity index (χ4v) is 4.08. The van der Waals surface area contributed by atoms with Gasteiger partial charge >= 0.3 is 0 Å². The Bertz CT molecular complexity index is 932. The summed E-state index contributed by atoms with van der Waals surface area (Å²) in [7, 11) is 0. The van der Waals surface area contributed by atoms with Crippen molar-refractivity contribution < 1.29 is 4.39 Å². The van der Waals surface area contributed by atoms with Crippen molar-refractivity contribution in [1.29, 1.82) is 0 Å². The summed E-state index contributed by atoms with van der Waals surface area (Å²) >= 11 is 5.07. The Hall–Kier alpha value is -1.66. The highest BCUT2D eigenvalue weighted by Crippen LogP contribution is 2.32. The third-order valence-electron chi connectivity index (χ3n) is 4.37. The molecule has 1 aromatic heterocycles. The van der Waals surface area contributed by atoms with Crippen LogP contribution in [0, 0.1) is 5.82 Å². The summed E-state index contributed by atoms with van der Waals surface area (Å²) < 4.78 is 15.2. The zero-order chi connectivity index (χ0) is 16.7. The van der Waals surface area contributed by atoms with Crippen LogP contribution >= 0.6 is 27.7 Å². The van der Waals surface area contributed by atoms with E-state index in [1.54, 1.807) is 18.1 Å². The maximum atomic E-state index is 14.4. The number of anilines is 1. The van der Waals surface area contributed by atoms with Crippen LogP contribution in [-0.2, 0) is 13.0 Å². The maximum Gasteiger partial charge on any atom is 0.140 e. The van der Waals surface area contributed by atoms with Gasteiger partial charge in [-0.3, -0.25) is 0 Å². The summed E-state index contributed by atoms with van der Waals surface area (Å²) in [6, 6.07) is 9.74. The molecule has 2 heterocycles. The Morgan fingerprint density at radius 1 is 1.21 bits per heavy atom. The molecule has 6 heteroatoms.